The van der Waals surface area contributed by atoms with Crippen LogP contribution in [-0.4, -0.2) is 28.2 Å². The largest absolute Gasteiger partial charge is 0.507 e. The monoisotopic (exact) mass is 533 g/mol. The van der Waals surface area contributed by atoms with Crippen LogP contribution in [0.25, 0.3) is 22.6 Å². The number of phenolic OH excluding ortho intramolecular Hbond substituents is 1. The van der Waals surface area contributed by atoms with Crippen molar-refractivity contribution in [3.8, 4) is 23.0 Å². The number of nitrogens with one attached hydrogen (secondary N) is 2. The summed E-state index contributed by atoms with van der Waals surface area (Å²) in [6, 6.07) is 8.43. The fourth-order valence-corrected chi connectivity index (χ4v) is 3.85. The van der Waals surface area contributed by atoms with Crippen LogP contribution in [0.4, 0.5) is 23.2 Å². The quantitative estimate of drug-likeness (QED) is 0.130. The number of carbonyl (C=O) groups is 1. The fraction of sp³-hybridized carbons (Fsp3) is 0.160. The van der Waals surface area contributed by atoms with Crippen molar-refractivity contribution in [3.05, 3.63) is 70.3 Å². The third kappa shape index (κ3) is 4.79. The van der Waals surface area contributed by atoms with Gasteiger partial charge in [0.15, 0.2) is 28.1 Å². The number of benzene rings is 3. The van der Waals surface area contributed by atoms with Crippen molar-refractivity contribution in [1.29, 1.82) is 0 Å². The van der Waals surface area contributed by atoms with Crippen molar-refractivity contribution < 1.29 is 36.6 Å². The molecular weight excluding hydrogens is 514 g/mol. The van der Waals surface area contributed by atoms with Crippen LogP contribution in [0.3, 0.4) is 0 Å². The Morgan fingerprint density at radius 1 is 1.11 bits per heavy atom. The Bertz CT molecular complexity index is 1540. The summed E-state index contributed by atoms with van der Waals surface area (Å²) in [6.07, 6.45) is 0.800. The van der Waals surface area contributed by atoms with Crippen LogP contribution < -0.4 is 15.4 Å². The Morgan fingerprint density at radius 2 is 1.78 bits per heavy atom. The summed E-state index contributed by atoms with van der Waals surface area (Å²) in [5.74, 6) is -10.4. The number of anilines is 1. The number of fused-ring (bicyclic) bond motifs is 1. The molecule has 192 valence electrons. The summed E-state index contributed by atoms with van der Waals surface area (Å²) in [7, 11) is 0.816. The lowest BCUT2D eigenvalue weighted by molar-refractivity contribution is 0.0966. The van der Waals surface area contributed by atoms with Gasteiger partial charge in [0.25, 0.3) is 5.91 Å². The number of halogens is 4. The molecule has 4 aromatic rings. The molecule has 12 heteroatoms. The Hall–Kier alpha value is -4.19. The Balaban J connectivity index is 1.60. The van der Waals surface area contributed by atoms with E-state index in [9.17, 15) is 27.5 Å². The third-order valence-corrected chi connectivity index (χ3v) is 5.73. The second kappa shape index (κ2) is 10.1. The van der Waals surface area contributed by atoms with Gasteiger partial charge in [0.05, 0.1) is 12.7 Å². The van der Waals surface area contributed by atoms with Crippen molar-refractivity contribution in [3.63, 3.8) is 0 Å². The molecule has 0 aliphatic heterocycles. The number of phenols is 1. The number of hydrogen-bond donors (Lipinski definition) is 3. The molecule has 0 spiro atoms. The van der Waals surface area contributed by atoms with Crippen molar-refractivity contribution >= 4 is 40.0 Å². The first kappa shape index (κ1) is 25.9. The molecule has 0 saturated heterocycles. The summed E-state index contributed by atoms with van der Waals surface area (Å²) in [5.41, 5.74) is 1.49. The maximum Gasteiger partial charge on any atom is 0.263 e. The summed E-state index contributed by atoms with van der Waals surface area (Å²) in [6.45, 7) is 3.59. The molecule has 0 radical (unpaired) electrons. The zero-order valence-electron chi connectivity index (χ0n) is 19.6. The van der Waals surface area contributed by atoms with Gasteiger partial charge in [-0.3, -0.25) is 10.1 Å². The van der Waals surface area contributed by atoms with Gasteiger partial charge in [0, 0.05) is 5.69 Å². The molecule has 3 aromatic carbocycles. The molecule has 0 aliphatic carbocycles. The second-order valence-electron chi connectivity index (χ2n) is 7.94. The van der Waals surface area contributed by atoms with Crippen molar-refractivity contribution in [2.24, 2.45) is 0 Å². The van der Waals surface area contributed by atoms with Gasteiger partial charge in [-0.25, -0.2) is 13.8 Å². The molecule has 1 amide bonds. The van der Waals surface area contributed by atoms with E-state index in [1.54, 1.807) is 13.0 Å². The maximum atomic E-state index is 14.3. The number of hydrogen-bond acceptors (Lipinski definition) is 6. The Kier molecular flexibility index (Phi) is 7.03. The van der Waals surface area contributed by atoms with Gasteiger partial charge in [-0.1, -0.05) is 13.0 Å². The third-order valence-electron chi connectivity index (χ3n) is 5.53. The van der Waals surface area contributed by atoms with Crippen LogP contribution in [0.5, 0.6) is 11.5 Å². The van der Waals surface area contributed by atoms with E-state index in [0.29, 0.717) is 16.7 Å². The van der Waals surface area contributed by atoms with Crippen molar-refractivity contribution in [2.75, 3.05) is 12.4 Å². The van der Waals surface area contributed by atoms with Crippen molar-refractivity contribution in [2.45, 2.75) is 20.3 Å². The average molecular weight is 534 g/mol. The van der Waals surface area contributed by atoms with Gasteiger partial charge in [-0.15, -0.1) is 0 Å². The minimum Gasteiger partial charge on any atom is -0.507 e. The van der Waals surface area contributed by atoms with Gasteiger partial charge in [0.2, 0.25) is 17.5 Å². The smallest absolute Gasteiger partial charge is 0.263 e. The number of rotatable bonds is 5. The number of thiocarbonyl (C=S) groups is 1. The molecule has 7 nitrogen and oxygen atoms in total. The highest BCUT2D eigenvalue weighted by molar-refractivity contribution is 7.80. The minimum absolute atomic E-state index is 0.115. The number of aromatic nitrogens is 1. The molecule has 0 unspecified atom stereocenters. The lowest BCUT2D eigenvalue weighted by Gasteiger charge is -2.14. The van der Waals surface area contributed by atoms with Crippen molar-refractivity contribution in [1.82, 2.24) is 10.3 Å². The van der Waals surface area contributed by atoms with Gasteiger partial charge in [-0.05, 0) is 61.0 Å². The number of ether oxygens (including phenoxy) is 1. The molecule has 3 N–H and O–H groups in total. The van der Waals surface area contributed by atoms with Gasteiger partial charge in [0.1, 0.15) is 16.8 Å². The standard InChI is InChI=1S/C25H19F4N3O4S/c1-4-11-5-6-15-14(8-11)31-24(36-15)13-9-12(7-10(2)21(13)33)30-25(37)32-23(34)16-17(26)19(28)22(35-3)20(29)18(16)27/h5-9,33H,4H2,1-3H3,(H2,30,32,34,37). The van der Waals surface area contributed by atoms with Crippen LogP contribution >= 0.6 is 12.2 Å². The number of nitrogens with zero attached hydrogens (tertiary/aromatic N) is 1. The molecule has 0 bridgehead atoms. The SMILES string of the molecule is CCc1ccc2oc(-c3cc(NC(=S)NC(=O)c4c(F)c(F)c(OC)c(F)c4F)cc(C)c3O)nc2c1. The highest BCUT2D eigenvalue weighted by Gasteiger charge is 2.30. The normalized spacial score (nSPS) is 11.0. The lowest BCUT2D eigenvalue weighted by atomic mass is 10.1. The topological polar surface area (TPSA) is 96.6 Å². The van der Waals surface area contributed by atoms with Gasteiger partial charge < -0.3 is 19.6 Å². The number of carbonyl (C=O) groups excluding carboxylic acids is 1. The number of oxazole rings is 1. The highest BCUT2D eigenvalue weighted by atomic mass is 32.1. The lowest BCUT2D eigenvalue weighted by Crippen LogP contribution is -2.35. The molecule has 0 aliphatic rings. The first-order chi connectivity index (χ1) is 17.5. The highest BCUT2D eigenvalue weighted by Crippen LogP contribution is 2.36. The van der Waals surface area contributed by atoms with E-state index in [1.807, 2.05) is 24.4 Å². The zero-order valence-corrected chi connectivity index (χ0v) is 20.4. The number of aromatic hydroxyl groups is 1. The maximum absolute atomic E-state index is 14.3. The van der Waals surface area contributed by atoms with Crippen LogP contribution in [0.2, 0.25) is 0 Å². The van der Waals surface area contributed by atoms with E-state index in [2.05, 4.69) is 15.0 Å². The van der Waals surface area contributed by atoms with E-state index < -0.39 is 45.6 Å². The number of aryl methyl sites for hydroxylation is 2. The van der Waals surface area contributed by atoms with Crippen LogP contribution in [0.1, 0.15) is 28.4 Å². The van der Waals surface area contributed by atoms with Gasteiger partial charge in [-0.2, -0.15) is 8.78 Å². The number of methoxy groups -OCH3 is 1. The first-order valence-electron chi connectivity index (χ1n) is 10.8. The van der Waals surface area contributed by atoms with Gasteiger partial charge >= 0.3 is 0 Å². The molecule has 37 heavy (non-hydrogen) atoms. The summed E-state index contributed by atoms with van der Waals surface area (Å²) >= 11 is 5.03. The second-order valence-corrected chi connectivity index (χ2v) is 8.34. The molecule has 0 saturated carbocycles. The summed E-state index contributed by atoms with van der Waals surface area (Å²) < 4.78 is 66.6. The zero-order chi connectivity index (χ0) is 27.0. The molecule has 0 atom stereocenters. The number of amides is 1. The van der Waals surface area contributed by atoms with E-state index in [-0.39, 0.29) is 22.9 Å². The molecule has 1 heterocycles. The first-order valence-corrected chi connectivity index (χ1v) is 11.2. The van der Waals surface area contributed by atoms with E-state index >= 15 is 0 Å². The molecule has 0 fully saturated rings. The fourth-order valence-electron chi connectivity index (χ4n) is 3.64. The average Bonchev–Trinajstić information content (AvgIpc) is 3.28. The van der Waals surface area contributed by atoms with E-state index in [0.717, 1.165) is 19.1 Å². The summed E-state index contributed by atoms with van der Waals surface area (Å²) in [4.78, 5) is 16.8. The molecule has 4 rings (SSSR count). The Morgan fingerprint density at radius 3 is 2.41 bits per heavy atom. The predicted molar refractivity (Wildman–Crippen MR) is 132 cm³/mol. The molecular formula is C25H19F4N3O4S. The minimum atomic E-state index is -1.94. The van der Waals surface area contributed by atoms with E-state index in [1.165, 1.54) is 12.1 Å². The van der Waals surface area contributed by atoms with Crippen LogP contribution in [0, 0.1) is 30.2 Å². The van der Waals surface area contributed by atoms with Crippen LogP contribution in [-0.2, 0) is 6.42 Å². The Labute approximate surface area is 213 Å². The van der Waals surface area contributed by atoms with Crippen LogP contribution in [0.15, 0.2) is 34.7 Å². The summed E-state index contributed by atoms with van der Waals surface area (Å²) in [5, 5.41) is 14.7. The van der Waals surface area contributed by atoms with E-state index in [4.69, 9.17) is 16.6 Å². The predicted octanol–water partition coefficient (Wildman–Crippen LogP) is 5.76. The molecule has 1 aromatic heterocycles.